The van der Waals surface area contributed by atoms with Gasteiger partial charge < -0.3 is 15.4 Å². The highest BCUT2D eigenvalue weighted by molar-refractivity contribution is 6.11. The van der Waals surface area contributed by atoms with E-state index >= 15 is 0 Å². The van der Waals surface area contributed by atoms with Crippen molar-refractivity contribution in [3.05, 3.63) is 72.3 Å². The van der Waals surface area contributed by atoms with Gasteiger partial charge in [0.15, 0.2) is 0 Å². The third kappa shape index (κ3) is 4.35. The van der Waals surface area contributed by atoms with Gasteiger partial charge in [0.1, 0.15) is 11.6 Å². The number of ether oxygens (including phenoxy) is 1. The van der Waals surface area contributed by atoms with Crippen LogP contribution in [0.3, 0.4) is 0 Å². The molecule has 0 aromatic heterocycles. The maximum Gasteiger partial charge on any atom is 0.246 e. The van der Waals surface area contributed by atoms with Gasteiger partial charge in [-0.25, -0.2) is 0 Å². The lowest BCUT2D eigenvalue weighted by Gasteiger charge is -2.35. The van der Waals surface area contributed by atoms with Crippen LogP contribution in [-0.2, 0) is 19.1 Å². The fraction of sp³-hybridized carbons (Fsp3) is 0.485. The Morgan fingerprint density at radius 2 is 1.60 bits per heavy atom. The Labute approximate surface area is 236 Å². The number of carbonyl (C=O) groups is 3. The van der Waals surface area contributed by atoms with Crippen LogP contribution in [0.4, 0.5) is 11.4 Å². The molecule has 0 unspecified atom stereocenters. The van der Waals surface area contributed by atoms with Crippen LogP contribution in [0, 0.1) is 11.8 Å². The van der Waals surface area contributed by atoms with Crippen LogP contribution < -0.4 is 15.5 Å². The number of nitrogens with zero attached hydrogens (tertiary/aromatic N) is 1. The number of nitrogens with one attached hydrogen (secondary N) is 2. The van der Waals surface area contributed by atoms with Crippen molar-refractivity contribution in [1.29, 1.82) is 0 Å². The number of carbonyl (C=O) groups excluding carboxylic acids is 3. The Balaban J connectivity index is 1.38. The largest absolute Gasteiger partial charge is 0.356 e. The third-order valence-corrected chi connectivity index (χ3v) is 9.02. The second-order valence-corrected chi connectivity index (χ2v) is 13.1. The van der Waals surface area contributed by atoms with E-state index in [1.54, 1.807) is 4.90 Å². The molecule has 2 saturated heterocycles. The minimum absolute atomic E-state index is 0.263. The minimum Gasteiger partial charge on any atom is -0.356 e. The highest BCUT2D eigenvalue weighted by Gasteiger charge is 2.76. The number of benzene rings is 2. The van der Waals surface area contributed by atoms with Crippen molar-refractivity contribution in [2.75, 3.05) is 10.2 Å². The van der Waals surface area contributed by atoms with Crippen molar-refractivity contribution < 1.29 is 19.1 Å². The van der Waals surface area contributed by atoms with Gasteiger partial charge in [-0.1, -0.05) is 61.7 Å². The molecule has 3 aliphatic heterocycles. The first-order valence-electron chi connectivity index (χ1n) is 14.5. The maximum atomic E-state index is 14.4. The Hall–Kier alpha value is -3.45. The second-order valence-electron chi connectivity index (χ2n) is 13.1. The molecule has 1 spiro atoms. The molecule has 1 aliphatic carbocycles. The zero-order valence-electron chi connectivity index (χ0n) is 23.8. The quantitative estimate of drug-likeness (QED) is 0.501. The molecule has 6 rings (SSSR count). The number of hydrogen-bond donors (Lipinski definition) is 2. The van der Waals surface area contributed by atoms with E-state index in [0.29, 0.717) is 17.3 Å². The summed E-state index contributed by atoms with van der Waals surface area (Å²) in [6, 6.07) is 16.4. The predicted octanol–water partition coefficient (Wildman–Crippen LogP) is 5.33. The van der Waals surface area contributed by atoms with Crippen LogP contribution in [0.5, 0.6) is 0 Å². The lowest BCUT2D eigenvalue weighted by molar-refractivity contribution is -0.131. The number of amides is 3. The maximum absolute atomic E-state index is 14.4. The molecule has 1 saturated carbocycles. The van der Waals surface area contributed by atoms with Crippen molar-refractivity contribution in [1.82, 2.24) is 5.32 Å². The number of para-hydroxylation sites is 1. The Kier molecular flexibility index (Phi) is 6.41. The van der Waals surface area contributed by atoms with E-state index in [-0.39, 0.29) is 17.7 Å². The van der Waals surface area contributed by atoms with Crippen LogP contribution in [-0.4, -0.2) is 40.5 Å². The van der Waals surface area contributed by atoms with Gasteiger partial charge in [-0.15, -0.1) is 0 Å². The molecule has 2 bridgehead atoms. The van der Waals surface area contributed by atoms with Crippen LogP contribution in [0.2, 0.25) is 0 Å². The van der Waals surface area contributed by atoms with E-state index in [2.05, 4.69) is 22.8 Å². The van der Waals surface area contributed by atoms with Crippen LogP contribution in [0.1, 0.15) is 71.3 Å². The van der Waals surface area contributed by atoms with Crippen molar-refractivity contribution in [2.45, 2.75) is 88.5 Å². The minimum atomic E-state index is -1.25. The number of rotatable bonds is 5. The summed E-state index contributed by atoms with van der Waals surface area (Å²) in [6.07, 6.45) is 9.84. The van der Waals surface area contributed by atoms with E-state index in [0.717, 1.165) is 0 Å². The number of fused-ring (bicyclic) bond motifs is 1. The molecule has 4 aliphatic rings. The molecule has 3 fully saturated rings. The topological polar surface area (TPSA) is 87.7 Å². The third-order valence-electron chi connectivity index (χ3n) is 9.02. The van der Waals surface area contributed by atoms with Gasteiger partial charge in [0.25, 0.3) is 0 Å². The second kappa shape index (κ2) is 9.58. The average molecular weight is 542 g/mol. The summed E-state index contributed by atoms with van der Waals surface area (Å²) in [6.45, 7) is 7.59. The zero-order valence-corrected chi connectivity index (χ0v) is 23.8. The predicted molar refractivity (Wildman–Crippen MR) is 155 cm³/mol. The van der Waals surface area contributed by atoms with Gasteiger partial charge in [0.2, 0.25) is 17.7 Å². The Morgan fingerprint density at radius 1 is 0.925 bits per heavy atom. The fourth-order valence-corrected chi connectivity index (χ4v) is 7.33. The highest BCUT2D eigenvalue weighted by atomic mass is 16.5. The van der Waals surface area contributed by atoms with Crippen molar-refractivity contribution >= 4 is 29.1 Å². The number of hydrogen-bond acceptors (Lipinski definition) is 4. The smallest absolute Gasteiger partial charge is 0.246 e. The first-order chi connectivity index (χ1) is 19.0. The lowest BCUT2D eigenvalue weighted by atomic mass is 9.70. The summed E-state index contributed by atoms with van der Waals surface area (Å²) in [5, 5.41) is 6.06. The van der Waals surface area contributed by atoms with Crippen LogP contribution in [0.25, 0.3) is 0 Å². The molecule has 210 valence electrons. The highest BCUT2D eigenvalue weighted by Crippen LogP contribution is 2.60. The standard InChI is InChI=1S/C33H39N3O4/c1-31(2,3)35-29(38)27-33-20-19-32(4,40-33)25(28(37)34-23-13-9-6-10-14-23)26(33)30(39)36(27)24-17-15-22(16-18-24)21-11-7-5-8-12-21/h6,9-10,13-21,25-27H,5,7-8,11-12H2,1-4H3,(H,34,37)(H,35,38)/t25-,26+,27-,32+,33-/m1/s1. The normalized spacial score (nSPS) is 31.4. The molecule has 2 N–H and O–H groups in total. The van der Waals surface area contributed by atoms with Gasteiger partial charge in [-0.2, -0.15) is 0 Å². The van der Waals surface area contributed by atoms with Crippen molar-refractivity contribution in [3.63, 3.8) is 0 Å². The molecule has 3 amide bonds. The van der Waals surface area contributed by atoms with Gasteiger partial charge in [-0.3, -0.25) is 19.3 Å². The molecule has 5 atom stereocenters. The average Bonchev–Trinajstić information content (AvgIpc) is 3.49. The lowest BCUT2D eigenvalue weighted by Crippen LogP contribution is -2.58. The Morgan fingerprint density at radius 3 is 2.25 bits per heavy atom. The summed E-state index contributed by atoms with van der Waals surface area (Å²) < 4.78 is 6.64. The molecular weight excluding hydrogens is 502 g/mol. The summed E-state index contributed by atoms with van der Waals surface area (Å²) in [5.74, 6) is -1.94. The van der Waals surface area contributed by atoms with E-state index in [1.165, 1.54) is 37.7 Å². The van der Waals surface area contributed by atoms with Gasteiger partial charge in [0.05, 0.1) is 17.4 Å². The Bertz CT molecular complexity index is 1340. The van der Waals surface area contributed by atoms with E-state index in [9.17, 15) is 14.4 Å². The van der Waals surface area contributed by atoms with Gasteiger partial charge >= 0.3 is 0 Å². The monoisotopic (exact) mass is 541 g/mol. The summed E-state index contributed by atoms with van der Waals surface area (Å²) in [5.41, 5.74) is -0.193. The molecular formula is C33H39N3O4. The molecule has 7 nitrogen and oxygen atoms in total. The first kappa shape index (κ1) is 26.8. The molecule has 0 radical (unpaired) electrons. The molecule has 2 aromatic carbocycles. The zero-order chi connectivity index (χ0) is 28.3. The van der Waals surface area contributed by atoms with Crippen molar-refractivity contribution in [3.8, 4) is 0 Å². The van der Waals surface area contributed by atoms with E-state index in [4.69, 9.17) is 4.74 Å². The summed E-state index contributed by atoms with van der Waals surface area (Å²) in [7, 11) is 0. The van der Waals surface area contributed by atoms with E-state index < -0.39 is 34.6 Å². The van der Waals surface area contributed by atoms with Gasteiger partial charge in [0, 0.05) is 16.9 Å². The summed E-state index contributed by atoms with van der Waals surface area (Å²) >= 11 is 0. The first-order valence-corrected chi connectivity index (χ1v) is 14.5. The van der Waals surface area contributed by atoms with Crippen LogP contribution in [0.15, 0.2) is 66.7 Å². The van der Waals surface area contributed by atoms with Crippen molar-refractivity contribution in [2.24, 2.45) is 11.8 Å². The molecule has 3 heterocycles. The SMILES string of the molecule is CC(C)(C)NC(=O)[C@H]1N(c2ccc(C3CCCCC3)cc2)C(=O)[C@@H]2[C@H](C(=O)Nc3ccccc3)[C@]3(C)C=C[C@@]21O3. The van der Waals surface area contributed by atoms with E-state index in [1.807, 2.05) is 82.3 Å². The molecule has 40 heavy (non-hydrogen) atoms. The van der Waals surface area contributed by atoms with Gasteiger partial charge in [-0.05, 0) is 76.3 Å². The fourth-order valence-electron chi connectivity index (χ4n) is 7.33. The van der Waals surface area contributed by atoms with Crippen LogP contribution >= 0.6 is 0 Å². The molecule has 7 heteroatoms. The number of anilines is 2. The molecule has 2 aromatic rings. The summed E-state index contributed by atoms with van der Waals surface area (Å²) in [4.78, 5) is 43.7.